The summed E-state index contributed by atoms with van der Waals surface area (Å²) in [5.74, 6) is 0.971. The molecule has 5 heteroatoms. The maximum absolute atomic E-state index is 9.34. The van der Waals surface area contributed by atoms with E-state index in [1.54, 1.807) is 12.4 Å². The van der Waals surface area contributed by atoms with Crippen LogP contribution in [0.5, 0.6) is 0 Å². The SMILES string of the molecule is CC1(C)CN(c2nccnc2Cl)C[C@@H]1CO. The summed E-state index contributed by atoms with van der Waals surface area (Å²) in [6.45, 7) is 6.12. The number of halogens is 1. The molecular weight excluding hydrogens is 226 g/mol. The van der Waals surface area contributed by atoms with Crippen LogP contribution in [0.1, 0.15) is 13.8 Å². The molecule has 1 aromatic rings. The summed E-state index contributed by atoms with van der Waals surface area (Å²) in [5, 5.41) is 9.77. The van der Waals surface area contributed by atoms with Crippen LogP contribution in [0.4, 0.5) is 5.82 Å². The van der Waals surface area contributed by atoms with E-state index < -0.39 is 0 Å². The third-order valence-corrected chi connectivity index (χ3v) is 3.57. The third kappa shape index (κ3) is 1.99. The van der Waals surface area contributed by atoms with Crippen LogP contribution in [-0.2, 0) is 0 Å². The number of aliphatic hydroxyl groups is 1. The van der Waals surface area contributed by atoms with Gasteiger partial charge in [0.25, 0.3) is 0 Å². The van der Waals surface area contributed by atoms with Gasteiger partial charge in [0.05, 0.1) is 0 Å². The third-order valence-electron chi connectivity index (χ3n) is 3.30. The molecule has 1 aromatic heterocycles. The van der Waals surface area contributed by atoms with Crippen molar-refractivity contribution in [2.24, 2.45) is 11.3 Å². The lowest BCUT2D eigenvalue weighted by Gasteiger charge is -2.23. The van der Waals surface area contributed by atoms with Gasteiger partial charge in [-0.2, -0.15) is 0 Å². The van der Waals surface area contributed by atoms with Gasteiger partial charge in [-0.3, -0.25) is 0 Å². The topological polar surface area (TPSA) is 49.2 Å². The molecule has 1 aliphatic rings. The Morgan fingerprint density at radius 3 is 2.75 bits per heavy atom. The number of rotatable bonds is 2. The lowest BCUT2D eigenvalue weighted by atomic mass is 9.83. The molecule has 1 saturated heterocycles. The molecule has 4 nitrogen and oxygen atoms in total. The van der Waals surface area contributed by atoms with Crippen LogP contribution in [0.2, 0.25) is 5.15 Å². The van der Waals surface area contributed by atoms with Crippen molar-refractivity contribution < 1.29 is 5.11 Å². The minimum Gasteiger partial charge on any atom is -0.396 e. The molecule has 1 atom stereocenters. The molecule has 0 amide bonds. The van der Waals surface area contributed by atoms with E-state index in [0.29, 0.717) is 11.0 Å². The number of hydrogen-bond acceptors (Lipinski definition) is 4. The molecule has 1 fully saturated rings. The van der Waals surface area contributed by atoms with Gasteiger partial charge in [0.15, 0.2) is 11.0 Å². The van der Waals surface area contributed by atoms with Gasteiger partial charge in [-0.15, -0.1) is 0 Å². The molecule has 16 heavy (non-hydrogen) atoms. The zero-order valence-electron chi connectivity index (χ0n) is 9.52. The average Bonchev–Trinajstić information content (AvgIpc) is 2.54. The van der Waals surface area contributed by atoms with Crippen molar-refractivity contribution in [1.82, 2.24) is 9.97 Å². The zero-order valence-corrected chi connectivity index (χ0v) is 10.3. The highest BCUT2D eigenvalue weighted by molar-refractivity contribution is 6.31. The predicted octanol–water partition coefficient (Wildman–Crippen LogP) is 1.58. The molecule has 0 aliphatic carbocycles. The van der Waals surface area contributed by atoms with Gasteiger partial charge in [0.1, 0.15) is 0 Å². The molecule has 0 bridgehead atoms. The van der Waals surface area contributed by atoms with Gasteiger partial charge in [-0.05, 0) is 5.41 Å². The Morgan fingerprint density at radius 2 is 2.19 bits per heavy atom. The minimum atomic E-state index is 0.0790. The van der Waals surface area contributed by atoms with Crippen LogP contribution < -0.4 is 4.90 Å². The average molecular weight is 242 g/mol. The maximum Gasteiger partial charge on any atom is 0.171 e. The Morgan fingerprint density at radius 1 is 1.50 bits per heavy atom. The molecule has 2 heterocycles. The van der Waals surface area contributed by atoms with Crippen LogP contribution >= 0.6 is 11.6 Å². The van der Waals surface area contributed by atoms with Crippen molar-refractivity contribution in [2.75, 3.05) is 24.6 Å². The fourth-order valence-electron chi connectivity index (χ4n) is 2.19. The number of hydrogen-bond donors (Lipinski definition) is 1. The van der Waals surface area contributed by atoms with Gasteiger partial charge in [0, 0.05) is 38.0 Å². The van der Waals surface area contributed by atoms with Crippen molar-refractivity contribution >= 4 is 17.4 Å². The van der Waals surface area contributed by atoms with Crippen molar-refractivity contribution in [3.05, 3.63) is 17.5 Å². The van der Waals surface area contributed by atoms with Gasteiger partial charge in [0.2, 0.25) is 0 Å². The molecule has 0 saturated carbocycles. The zero-order chi connectivity index (χ0) is 11.8. The smallest absolute Gasteiger partial charge is 0.171 e. The first-order valence-corrected chi connectivity index (χ1v) is 5.74. The van der Waals surface area contributed by atoms with E-state index in [-0.39, 0.29) is 17.9 Å². The predicted molar refractivity (Wildman–Crippen MR) is 63.6 cm³/mol. The van der Waals surface area contributed by atoms with E-state index in [0.717, 1.165) is 13.1 Å². The Bertz CT molecular complexity index is 383. The van der Waals surface area contributed by atoms with Crippen LogP contribution in [-0.4, -0.2) is 34.8 Å². The number of aliphatic hydroxyl groups excluding tert-OH is 1. The van der Waals surface area contributed by atoms with Crippen LogP contribution in [0.15, 0.2) is 12.4 Å². The maximum atomic E-state index is 9.34. The molecule has 2 rings (SSSR count). The Kier molecular flexibility index (Phi) is 3.04. The van der Waals surface area contributed by atoms with E-state index in [4.69, 9.17) is 11.6 Å². The van der Waals surface area contributed by atoms with Gasteiger partial charge in [-0.1, -0.05) is 25.4 Å². The largest absolute Gasteiger partial charge is 0.396 e. The molecule has 0 unspecified atom stereocenters. The Labute approximate surface area is 100 Å². The van der Waals surface area contributed by atoms with Gasteiger partial charge in [-0.25, -0.2) is 9.97 Å². The first-order valence-electron chi connectivity index (χ1n) is 5.37. The molecule has 0 spiro atoms. The number of anilines is 1. The summed E-state index contributed by atoms with van der Waals surface area (Å²) in [6.07, 6.45) is 3.22. The standard InChI is InChI=1S/C11H16ClN3O/c1-11(2)7-15(5-8(11)6-16)10-9(12)13-3-4-14-10/h3-4,8,16H,5-7H2,1-2H3/t8-/m1/s1. The lowest BCUT2D eigenvalue weighted by Crippen LogP contribution is -2.25. The fourth-order valence-corrected chi connectivity index (χ4v) is 2.42. The first kappa shape index (κ1) is 11.6. The summed E-state index contributed by atoms with van der Waals surface area (Å²) in [5.41, 5.74) is 0.0790. The summed E-state index contributed by atoms with van der Waals surface area (Å²) >= 11 is 6.01. The quantitative estimate of drug-likeness (QED) is 0.854. The highest BCUT2D eigenvalue weighted by Crippen LogP contribution is 2.37. The van der Waals surface area contributed by atoms with Crippen LogP contribution in [0.3, 0.4) is 0 Å². The number of aromatic nitrogens is 2. The first-order chi connectivity index (χ1) is 7.54. The van der Waals surface area contributed by atoms with Crippen LogP contribution in [0.25, 0.3) is 0 Å². The molecule has 1 N–H and O–H groups in total. The summed E-state index contributed by atoms with van der Waals surface area (Å²) in [4.78, 5) is 10.4. The second-order valence-electron chi connectivity index (χ2n) is 4.92. The van der Waals surface area contributed by atoms with Gasteiger partial charge < -0.3 is 10.0 Å². The normalized spacial score (nSPS) is 23.8. The van der Waals surface area contributed by atoms with Crippen LogP contribution in [0, 0.1) is 11.3 Å². The highest BCUT2D eigenvalue weighted by Gasteiger charge is 2.39. The summed E-state index contributed by atoms with van der Waals surface area (Å²) < 4.78 is 0. The van der Waals surface area contributed by atoms with E-state index in [2.05, 4.69) is 28.7 Å². The van der Waals surface area contributed by atoms with Crippen molar-refractivity contribution in [2.45, 2.75) is 13.8 Å². The van der Waals surface area contributed by atoms with E-state index in [1.165, 1.54) is 0 Å². The van der Waals surface area contributed by atoms with E-state index in [1.807, 2.05) is 0 Å². The van der Waals surface area contributed by atoms with Crippen molar-refractivity contribution in [3.8, 4) is 0 Å². The fraction of sp³-hybridized carbons (Fsp3) is 0.636. The van der Waals surface area contributed by atoms with E-state index >= 15 is 0 Å². The van der Waals surface area contributed by atoms with Crippen molar-refractivity contribution in [1.29, 1.82) is 0 Å². The molecule has 88 valence electrons. The monoisotopic (exact) mass is 241 g/mol. The number of nitrogens with zero attached hydrogens (tertiary/aromatic N) is 3. The van der Waals surface area contributed by atoms with E-state index in [9.17, 15) is 5.11 Å². The highest BCUT2D eigenvalue weighted by atomic mass is 35.5. The Hall–Kier alpha value is -0.870. The Balaban J connectivity index is 2.23. The summed E-state index contributed by atoms with van der Waals surface area (Å²) in [6, 6.07) is 0. The lowest BCUT2D eigenvalue weighted by molar-refractivity contribution is 0.161. The second kappa shape index (κ2) is 4.18. The second-order valence-corrected chi connectivity index (χ2v) is 5.28. The molecule has 1 aliphatic heterocycles. The molecule has 0 aromatic carbocycles. The van der Waals surface area contributed by atoms with Gasteiger partial charge >= 0.3 is 0 Å². The molecular formula is C11H16ClN3O. The minimum absolute atomic E-state index is 0.0790. The summed E-state index contributed by atoms with van der Waals surface area (Å²) in [7, 11) is 0. The molecule has 0 radical (unpaired) electrons. The van der Waals surface area contributed by atoms with Crippen molar-refractivity contribution in [3.63, 3.8) is 0 Å².